The lowest BCUT2D eigenvalue weighted by Gasteiger charge is -2.01. The molecule has 0 atom stereocenters. The molecule has 3 nitrogen and oxygen atoms in total. The molecule has 3 heteroatoms. The fourth-order valence-corrected chi connectivity index (χ4v) is 0.551. The van der Waals surface area contributed by atoms with Crippen LogP contribution in [0.1, 0.15) is 0 Å². The predicted octanol–water partition coefficient (Wildman–Crippen LogP) is -0.0910. The molecule has 0 aliphatic rings. The second kappa shape index (κ2) is 3.14. The standard InChI is InChI=1S/C6H9NO2/c8-5-6-9-7-3-1-2-4-7/h1-4,8H,5-6H2. The van der Waals surface area contributed by atoms with Gasteiger partial charge in [-0.15, -0.1) is 0 Å². The number of rotatable bonds is 3. The van der Waals surface area contributed by atoms with E-state index in [0.29, 0.717) is 6.61 Å². The van der Waals surface area contributed by atoms with Crippen LogP contribution in [0.15, 0.2) is 24.5 Å². The van der Waals surface area contributed by atoms with Gasteiger partial charge in [-0.25, -0.2) is 0 Å². The van der Waals surface area contributed by atoms with Crippen LogP contribution in [0.4, 0.5) is 0 Å². The highest BCUT2D eigenvalue weighted by Gasteiger charge is 1.83. The third-order valence-electron chi connectivity index (χ3n) is 0.909. The molecule has 1 aromatic rings. The molecule has 9 heavy (non-hydrogen) atoms. The molecule has 1 rings (SSSR count). The van der Waals surface area contributed by atoms with Crippen molar-refractivity contribution in [3.8, 4) is 0 Å². The summed E-state index contributed by atoms with van der Waals surface area (Å²) in [6.45, 7) is 0.396. The maximum atomic E-state index is 8.33. The Morgan fingerprint density at radius 1 is 1.33 bits per heavy atom. The molecule has 1 aromatic heterocycles. The van der Waals surface area contributed by atoms with Crippen LogP contribution in [-0.4, -0.2) is 23.1 Å². The quantitative estimate of drug-likeness (QED) is 0.615. The topological polar surface area (TPSA) is 34.4 Å². The van der Waals surface area contributed by atoms with Crippen LogP contribution in [0.5, 0.6) is 0 Å². The molecule has 0 radical (unpaired) electrons. The Labute approximate surface area is 53.4 Å². The van der Waals surface area contributed by atoms with Gasteiger partial charge in [0.25, 0.3) is 0 Å². The molecular formula is C6H9NO2. The lowest BCUT2D eigenvalue weighted by Crippen LogP contribution is -2.12. The molecule has 1 N–H and O–H groups in total. The van der Waals surface area contributed by atoms with Gasteiger partial charge in [0.2, 0.25) is 0 Å². The first-order valence-electron chi connectivity index (χ1n) is 2.80. The van der Waals surface area contributed by atoms with Crippen LogP contribution in [-0.2, 0) is 0 Å². The number of aliphatic hydroxyl groups excluding tert-OH is 1. The maximum Gasteiger partial charge on any atom is 0.138 e. The van der Waals surface area contributed by atoms with Gasteiger partial charge in [-0.2, -0.15) is 4.73 Å². The molecule has 0 aromatic carbocycles. The Morgan fingerprint density at radius 2 is 2.00 bits per heavy atom. The minimum absolute atomic E-state index is 0.0537. The first-order valence-corrected chi connectivity index (χ1v) is 2.80. The van der Waals surface area contributed by atoms with Gasteiger partial charge in [-0.1, -0.05) is 0 Å². The molecular weight excluding hydrogens is 118 g/mol. The average molecular weight is 127 g/mol. The van der Waals surface area contributed by atoms with E-state index in [2.05, 4.69) is 0 Å². The van der Waals surface area contributed by atoms with Crippen molar-refractivity contribution in [3.05, 3.63) is 24.5 Å². The lowest BCUT2D eigenvalue weighted by molar-refractivity contribution is 0.0761. The highest BCUT2D eigenvalue weighted by Crippen LogP contribution is 1.83. The lowest BCUT2D eigenvalue weighted by atomic mass is 10.7. The second-order valence-electron chi connectivity index (χ2n) is 1.60. The number of aromatic nitrogens is 1. The van der Waals surface area contributed by atoms with Gasteiger partial charge >= 0.3 is 0 Å². The van der Waals surface area contributed by atoms with Crippen molar-refractivity contribution in [1.82, 2.24) is 4.73 Å². The van der Waals surface area contributed by atoms with Gasteiger partial charge in [0.05, 0.1) is 6.61 Å². The Morgan fingerprint density at radius 3 is 2.56 bits per heavy atom. The molecule has 50 valence electrons. The first kappa shape index (κ1) is 6.16. The summed E-state index contributed by atoms with van der Waals surface area (Å²) in [5.41, 5.74) is 0. The Kier molecular flexibility index (Phi) is 2.15. The summed E-state index contributed by atoms with van der Waals surface area (Å²) in [5, 5.41) is 8.33. The van der Waals surface area contributed by atoms with Crippen LogP contribution in [0.3, 0.4) is 0 Å². The monoisotopic (exact) mass is 127 g/mol. The molecule has 0 aliphatic heterocycles. The van der Waals surface area contributed by atoms with Gasteiger partial charge in [0.1, 0.15) is 6.61 Å². The summed E-state index contributed by atoms with van der Waals surface area (Å²) in [6.07, 6.45) is 3.55. The maximum absolute atomic E-state index is 8.33. The smallest absolute Gasteiger partial charge is 0.138 e. The summed E-state index contributed by atoms with van der Waals surface area (Å²) in [6, 6.07) is 3.72. The van der Waals surface area contributed by atoms with E-state index < -0.39 is 0 Å². The van der Waals surface area contributed by atoms with Gasteiger partial charge in [-0.05, 0) is 12.1 Å². The van der Waals surface area contributed by atoms with E-state index in [1.807, 2.05) is 12.1 Å². The molecule has 0 saturated heterocycles. The Hall–Kier alpha value is -0.960. The SMILES string of the molecule is OCCOn1cccc1. The van der Waals surface area contributed by atoms with E-state index in [1.54, 1.807) is 17.1 Å². The first-order chi connectivity index (χ1) is 4.43. The van der Waals surface area contributed by atoms with Crippen molar-refractivity contribution in [1.29, 1.82) is 0 Å². The fourth-order valence-electron chi connectivity index (χ4n) is 0.551. The Bertz CT molecular complexity index is 148. The minimum Gasteiger partial charge on any atom is -0.412 e. The van der Waals surface area contributed by atoms with Gasteiger partial charge < -0.3 is 9.94 Å². The van der Waals surface area contributed by atoms with E-state index in [4.69, 9.17) is 9.94 Å². The van der Waals surface area contributed by atoms with Gasteiger partial charge in [0.15, 0.2) is 0 Å². The molecule has 0 spiro atoms. The molecule has 0 aliphatic carbocycles. The van der Waals surface area contributed by atoms with Crippen molar-refractivity contribution in [2.24, 2.45) is 0 Å². The molecule has 0 saturated carbocycles. The van der Waals surface area contributed by atoms with Crippen molar-refractivity contribution >= 4 is 0 Å². The van der Waals surface area contributed by atoms with Crippen molar-refractivity contribution < 1.29 is 9.94 Å². The van der Waals surface area contributed by atoms with E-state index >= 15 is 0 Å². The van der Waals surface area contributed by atoms with Crippen molar-refractivity contribution in [3.63, 3.8) is 0 Å². The summed E-state index contributed by atoms with van der Waals surface area (Å²) in [7, 11) is 0. The normalized spacial score (nSPS) is 9.44. The van der Waals surface area contributed by atoms with Crippen molar-refractivity contribution in [2.45, 2.75) is 0 Å². The van der Waals surface area contributed by atoms with Crippen molar-refractivity contribution in [2.75, 3.05) is 13.2 Å². The van der Waals surface area contributed by atoms with Crippen LogP contribution in [0, 0.1) is 0 Å². The van der Waals surface area contributed by atoms with Gasteiger partial charge in [0, 0.05) is 12.4 Å². The van der Waals surface area contributed by atoms with E-state index in [9.17, 15) is 0 Å². The Balaban J connectivity index is 2.30. The third kappa shape index (κ3) is 1.77. The molecule has 1 heterocycles. The largest absolute Gasteiger partial charge is 0.412 e. The molecule has 0 unspecified atom stereocenters. The summed E-state index contributed by atoms with van der Waals surface area (Å²) in [4.78, 5) is 4.96. The zero-order valence-corrected chi connectivity index (χ0v) is 5.03. The summed E-state index contributed by atoms with van der Waals surface area (Å²) >= 11 is 0. The highest BCUT2D eigenvalue weighted by atomic mass is 16.7. The zero-order valence-electron chi connectivity index (χ0n) is 5.03. The molecule has 0 amide bonds. The van der Waals surface area contributed by atoms with Crippen LogP contribution in [0.25, 0.3) is 0 Å². The zero-order chi connectivity index (χ0) is 6.53. The fraction of sp³-hybridized carbons (Fsp3) is 0.333. The summed E-state index contributed by atoms with van der Waals surface area (Å²) < 4.78 is 1.55. The number of hydrogen-bond acceptors (Lipinski definition) is 2. The number of nitrogens with zero attached hydrogens (tertiary/aromatic N) is 1. The van der Waals surface area contributed by atoms with E-state index in [-0.39, 0.29) is 6.61 Å². The van der Waals surface area contributed by atoms with Crippen LogP contribution >= 0.6 is 0 Å². The number of aliphatic hydroxyl groups is 1. The minimum atomic E-state index is 0.0537. The number of hydrogen-bond donors (Lipinski definition) is 1. The molecule has 0 fully saturated rings. The second-order valence-corrected chi connectivity index (χ2v) is 1.60. The van der Waals surface area contributed by atoms with Crippen LogP contribution < -0.4 is 4.84 Å². The van der Waals surface area contributed by atoms with Crippen LogP contribution in [0.2, 0.25) is 0 Å². The molecule has 0 bridgehead atoms. The van der Waals surface area contributed by atoms with E-state index in [0.717, 1.165) is 0 Å². The third-order valence-corrected chi connectivity index (χ3v) is 0.909. The average Bonchev–Trinajstić information content (AvgIpc) is 2.34. The van der Waals surface area contributed by atoms with E-state index in [1.165, 1.54) is 0 Å². The van der Waals surface area contributed by atoms with Gasteiger partial charge in [-0.3, -0.25) is 0 Å². The summed E-state index contributed by atoms with van der Waals surface area (Å²) in [5.74, 6) is 0. The highest BCUT2D eigenvalue weighted by molar-refractivity contribution is 4.87. The predicted molar refractivity (Wildman–Crippen MR) is 33.0 cm³/mol.